The number of fused-ring (bicyclic) bond motifs is 1. The molecule has 1 unspecified atom stereocenters. The van der Waals surface area contributed by atoms with Gasteiger partial charge in [-0.15, -0.1) is 0 Å². The monoisotopic (exact) mass is 232 g/mol. The fraction of sp³-hybridized carbons (Fsp3) is 0.500. The first-order valence-electron chi connectivity index (χ1n) is 6.04. The summed E-state index contributed by atoms with van der Waals surface area (Å²) in [4.78, 5) is 4.44. The quantitative estimate of drug-likeness (QED) is 0.884. The zero-order chi connectivity index (χ0) is 12.5. The average molecular weight is 232 g/mol. The van der Waals surface area contributed by atoms with Crippen LogP contribution in [0.2, 0.25) is 0 Å². The van der Waals surface area contributed by atoms with E-state index in [1.54, 1.807) is 0 Å². The zero-order valence-corrected chi connectivity index (χ0v) is 10.7. The van der Waals surface area contributed by atoms with E-state index in [9.17, 15) is 0 Å². The summed E-state index contributed by atoms with van der Waals surface area (Å²) in [5.74, 6) is 0.739. The van der Waals surface area contributed by atoms with E-state index >= 15 is 0 Å². The van der Waals surface area contributed by atoms with Crippen LogP contribution >= 0.6 is 0 Å². The largest absolute Gasteiger partial charge is 0.441 e. The molecule has 17 heavy (non-hydrogen) atoms. The molecule has 0 fully saturated rings. The molecule has 92 valence electrons. The van der Waals surface area contributed by atoms with E-state index in [0.29, 0.717) is 6.42 Å². The Bertz CT molecular complexity index is 463. The second kappa shape index (κ2) is 4.49. The van der Waals surface area contributed by atoms with Crippen molar-refractivity contribution in [3.05, 3.63) is 30.2 Å². The van der Waals surface area contributed by atoms with Crippen molar-refractivity contribution in [3.8, 4) is 0 Å². The van der Waals surface area contributed by atoms with Crippen LogP contribution < -0.4 is 5.73 Å². The average Bonchev–Trinajstić information content (AvgIpc) is 2.55. The number of hydrogen-bond acceptors (Lipinski definition) is 3. The molecule has 3 nitrogen and oxygen atoms in total. The van der Waals surface area contributed by atoms with Gasteiger partial charge >= 0.3 is 0 Å². The minimum absolute atomic E-state index is 0.100. The molecule has 1 aromatic heterocycles. The number of nitrogens with two attached hydrogens (primary N) is 1. The fourth-order valence-electron chi connectivity index (χ4n) is 2.09. The van der Waals surface area contributed by atoms with E-state index in [4.69, 9.17) is 10.2 Å². The minimum Gasteiger partial charge on any atom is -0.441 e. The van der Waals surface area contributed by atoms with Crippen molar-refractivity contribution in [3.63, 3.8) is 0 Å². The first kappa shape index (κ1) is 12.1. The first-order valence-corrected chi connectivity index (χ1v) is 6.04. The maximum atomic E-state index is 6.11. The SMILES string of the molecule is CC(C)(C)CC(N)Cc1nc2ccccc2o1. The van der Waals surface area contributed by atoms with Crippen molar-refractivity contribution < 1.29 is 4.42 Å². The van der Waals surface area contributed by atoms with Gasteiger partial charge in [-0.3, -0.25) is 0 Å². The molecule has 3 heteroatoms. The fourth-order valence-corrected chi connectivity index (χ4v) is 2.09. The predicted octanol–water partition coefficient (Wildman–Crippen LogP) is 3.13. The van der Waals surface area contributed by atoms with E-state index in [0.717, 1.165) is 23.4 Å². The van der Waals surface area contributed by atoms with Gasteiger partial charge in [0, 0.05) is 12.5 Å². The lowest BCUT2D eigenvalue weighted by Gasteiger charge is -2.22. The van der Waals surface area contributed by atoms with Crippen LogP contribution in [0.5, 0.6) is 0 Å². The van der Waals surface area contributed by atoms with Crippen molar-refractivity contribution in [2.24, 2.45) is 11.1 Å². The van der Waals surface area contributed by atoms with E-state index in [-0.39, 0.29) is 11.5 Å². The van der Waals surface area contributed by atoms with Gasteiger partial charge in [-0.2, -0.15) is 0 Å². The summed E-state index contributed by atoms with van der Waals surface area (Å²) in [6.07, 6.45) is 1.66. The van der Waals surface area contributed by atoms with Crippen LogP contribution in [0.3, 0.4) is 0 Å². The molecule has 2 aromatic rings. The molecule has 1 aromatic carbocycles. The van der Waals surface area contributed by atoms with Gasteiger partial charge < -0.3 is 10.2 Å². The number of aromatic nitrogens is 1. The Balaban J connectivity index is 2.08. The highest BCUT2D eigenvalue weighted by Gasteiger charge is 2.18. The number of benzene rings is 1. The van der Waals surface area contributed by atoms with E-state index < -0.39 is 0 Å². The first-order chi connectivity index (χ1) is 7.94. The molecule has 0 saturated carbocycles. The molecule has 0 amide bonds. The summed E-state index contributed by atoms with van der Waals surface area (Å²) < 4.78 is 5.66. The molecule has 0 aliphatic rings. The van der Waals surface area contributed by atoms with Crippen LogP contribution in [-0.4, -0.2) is 11.0 Å². The molecule has 0 aliphatic heterocycles. The molecule has 1 atom stereocenters. The Labute approximate surface area is 102 Å². The van der Waals surface area contributed by atoms with E-state index in [1.807, 2.05) is 24.3 Å². The third-order valence-electron chi connectivity index (χ3n) is 2.65. The van der Waals surface area contributed by atoms with Crippen molar-refractivity contribution >= 4 is 11.1 Å². The number of oxazole rings is 1. The molecular weight excluding hydrogens is 212 g/mol. The Kier molecular flexibility index (Phi) is 3.20. The van der Waals surface area contributed by atoms with Crippen molar-refractivity contribution in [2.45, 2.75) is 39.7 Å². The van der Waals surface area contributed by atoms with Crippen LogP contribution in [0.15, 0.2) is 28.7 Å². The molecule has 1 heterocycles. The van der Waals surface area contributed by atoms with Gasteiger partial charge in [0.05, 0.1) is 0 Å². The number of rotatable bonds is 3. The van der Waals surface area contributed by atoms with Gasteiger partial charge in [0.25, 0.3) is 0 Å². The Morgan fingerprint density at radius 3 is 2.65 bits per heavy atom. The maximum absolute atomic E-state index is 6.11. The molecule has 0 spiro atoms. The highest BCUT2D eigenvalue weighted by molar-refractivity contribution is 5.72. The van der Waals surface area contributed by atoms with Crippen LogP contribution in [0.4, 0.5) is 0 Å². The lowest BCUT2D eigenvalue weighted by Crippen LogP contribution is -2.28. The smallest absolute Gasteiger partial charge is 0.197 e. The van der Waals surface area contributed by atoms with Gasteiger partial charge in [0.2, 0.25) is 0 Å². The number of para-hydroxylation sites is 2. The molecule has 2 N–H and O–H groups in total. The van der Waals surface area contributed by atoms with Crippen molar-refractivity contribution in [1.82, 2.24) is 4.98 Å². The van der Waals surface area contributed by atoms with E-state index in [1.165, 1.54) is 0 Å². The molecular formula is C14H20N2O. The highest BCUT2D eigenvalue weighted by atomic mass is 16.3. The summed E-state index contributed by atoms with van der Waals surface area (Å²) >= 11 is 0. The van der Waals surface area contributed by atoms with Gasteiger partial charge in [0.15, 0.2) is 11.5 Å². The topological polar surface area (TPSA) is 52.0 Å². The van der Waals surface area contributed by atoms with Gasteiger partial charge in [-0.25, -0.2) is 4.98 Å². The molecule has 0 aliphatic carbocycles. The summed E-state index contributed by atoms with van der Waals surface area (Å²) in [7, 11) is 0. The van der Waals surface area contributed by atoms with Crippen LogP contribution in [0.25, 0.3) is 11.1 Å². The van der Waals surface area contributed by atoms with Crippen LogP contribution in [0, 0.1) is 5.41 Å². The van der Waals surface area contributed by atoms with Crippen LogP contribution in [-0.2, 0) is 6.42 Å². The molecule has 0 bridgehead atoms. The van der Waals surface area contributed by atoms with Gasteiger partial charge in [-0.1, -0.05) is 32.9 Å². The third kappa shape index (κ3) is 3.30. The summed E-state index contributed by atoms with van der Waals surface area (Å²) in [5, 5.41) is 0. The minimum atomic E-state index is 0.100. The lowest BCUT2D eigenvalue weighted by atomic mass is 9.87. The number of hydrogen-bond donors (Lipinski definition) is 1. The van der Waals surface area contributed by atoms with Crippen molar-refractivity contribution in [2.75, 3.05) is 0 Å². The Morgan fingerprint density at radius 1 is 1.29 bits per heavy atom. The van der Waals surface area contributed by atoms with Gasteiger partial charge in [-0.05, 0) is 24.0 Å². The van der Waals surface area contributed by atoms with Crippen LogP contribution in [0.1, 0.15) is 33.1 Å². The molecule has 2 rings (SSSR count). The Morgan fingerprint density at radius 2 is 2.00 bits per heavy atom. The second-order valence-corrected chi connectivity index (χ2v) is 5.80. The van der Waals surface area contributed by atoms with Gasteiger partial charge in [0.1, 0.15) is 5.52 Å². The zero-order valence-electron chi connectivity index (χ0n) is 10.7. The number of nitrogens with zero attached hydrogens (tertiary/aromatic N) is 1. The summed E-state index contributed by atoms with van der Waals surface area (Å²) in [6.45, 7) is 6.58. The second-order valence-electron chi connectivity index (χ2n) is 5.80. The summed E-state index contributed by atoms with van der Waals surface area (Å²) in [5.41, 5.74) is 8.10. The summed E-state index contributed by atoms with van der Waals surface area (Å²) in [6, 6.07) is 7.90. The third-order valence-corrected chi connectivity index (χ3v) is 2.65. The standard InChI is InChI=1S/C14H20N2O/c1-14(2,3)9-10(15)8-13-16-11-6-4-5-7-12(11)17-13/h4-7,10H,8-9,15H2,1-3H3. The molecule has 0 saturated heterocycles. The highest BCUT2D eigenvalue weighted by Crippen LogP contribution is 2.22. The van der Waals surface area contributed by atoms with Crippen molar-refractivity contribution in [1.29, 1.82) is 0 Å². The lowest BCUT2D eigenvalue weighted by molar-refractivity contribution is 0.329. The normalized spacial score (nSPS) is 14.1. The molecule has 0 radical (unpaired) electrons. The maximum Gasteiger partial charge on any atom is 0.197 e. The Hall–Kier alpha value is -1.35. The predicted molar refractivity (Wildman–Crippen MR) is 69.8 cm³/mol. The van der Waals surface area contributed by atoms with E-state index in [2.05, 4.69) is 25.8 Å².